The molecule has 0 atom stereocenters. The van der Waals surface area contributed by atoms with Gasteiger partial charge in [-0.05, 0) is 27.7 Å². The molecule has 0 unspecified atom stereocenters. The van der Waals surface area contributed by atoms with Crippen LogP contribution >= 0.6 is 0 Å². The fourth-order valence-corrected chi connectivity index (χ4v) is 1.87. The van der Waals surface area contributed by atoms with E-state index in [9.17, 15) is 5.26 Å². The molecule has 0 aliphatic heterocycles. The average Bonchev–Trinajstić information content (AvgIpc) is 2.90. The van der Waals surface area contributed by atoms with Gasteiger partial charge in [0.1, 0.15) is 23.0 Å². The molecule has 0 amide bonds. The van der Waals surface area contributed by atoms with E-state index in [1.165, 1.54) is 6.20 Å². The lowest BCUT2D eigenvalue weighted by atomic mass is 10.1. The van der Waals surface area contributed by atoms with Crippen molar-refractivity contribution in [2.75, 3.05) is 17.2 Å². The summed E-state index contributed by atoms with van der Waals surface area (Å²) in [5, 5.41) is 28.7. The largest absolute Gasteiger partial charge is 0.369 e. The van der Waals surface area contributed by atoms with E-state index in [-0.39, 0.29) is 0 Å². The number of aryl methyl sites for hydroxylation is 1. The summed E-state index contributed by atoms with van der Waals surface area (Å²) in [5.41, 5.74) is 1.08. The van der Waals surface area contributed by atoms with E-state index >= 15 is 0 Å². The van der Waals surface area contributed by atoms with E-state index in [4.69, 9.17) is 5.26 Å². The summed E-state index contributed by atoms with van der Waals surface area (Å²) in [7, 11) is 0. The van der Waals surface area contributed by atoms with Crippen LogP contribution < -0.4 is 10.6 Å². The molecule has 2 rings (SSSR count). The molecule has 2 aromatic rings. The van der Waals surface area contributed by atoms with Crippen molar-refractivity contribution < 1.29 is 0 Å². The Morgan fingerprint density at radius 3 is 2.70 bits per heavy atom. The first kappa shape index (κ1) is 16.2. The molecule has 0 bridgehead atoms. The highest BCUT2D eigenvalue weighted by Crippen LogP contribution is 2.22. The number of hydrogen-bond donors (Lipinski definition) is 2. The predicted molar refractivity (Wildman–Crippen MR) is 86.1 cm³/mol. The summed E-state index contributed by atoms with van der Waals surface area (Å²) >= 11 is 0. The molecule has 0 aromatic carbocycles. The second-order valence-electron chi connectivity index (χ2n) is 5.47. The smallest absolute Gasteiger partial charge is 0.229 e. The Labute approximate surface area is 134 Å². The van der Waals surface area contributed by atoms with Crippen LogP contribution in [0.15, 0.2) is 12.4 Å². The Balaban J connectivity index is 2.32. The van der Waals surface area contributed by atoms with E-state index in [0.717, 1.165) is 5.69 Å². The molecule has 0 fully saturated rings. The van der Waals surface area contributed by atoms with Gasteiger partial charge in [-0.15, -0.1) is 0 Å². The van der Waals surface area contributed by atoms with Crippen LogP contribution in [-0.4, -0.2) is 26.3 Å². The van der Waals surface area contributed by atoms with Gasteiger partial charge in [0.25, 0.3) is 0 Å². The Morgan fingerprint density at radius 1 is 1.35 bits per heavy atom. The Morgan fingerprint density at radius 2 is 2.09 bits per heavy atom. The second-order valence-corrected chi connectivity index (χ2v) is 5.47. The van der Waals surface area contributed by atoms with Gasteiger partial charge in [-0.3, -0.25) is 4.68 Å². The van der Waals surface area contributed by atoms with Gasteiger partial charge in [0.15, 0.2) is 0 Å². The molecule has 0 saturated heterocycles. The van der Waals surface area contributed by atoms with Crippen molar-refractivity contribution >= 4 is 17.5 Å². The Bertz CT molecular complexity index is 791. The molecule has 0 aliphatic carbocycles. The van der Waals surface area contributed by atoms with Crippen LogP contribution in [0.2, 0.25) is 0 Å². The van der Waals surface area contributed by atoms with E-state index in [0.29, 0.717) is 29.6 Å². The summed E-state index contributed by atoms with van der Waals surface area (Å²) in [6.45, 7) is 7.98. The second kappa shape index (κ2) is 6.32. The van der Waals surface area contributed by atoms with Gasteiger partial charge in [0.2, 0.25) is 5.95 Å². The normalized spacial score (nSPS) is 10.7. The molecule has 8 heteroatoms. The lowest BCUT2D eigenvalue weighted by molar-refractivity contribution is 0.416. The number of anilines is 3. The minimum Gasteiger partial charge on any atom is -0.369 e. The van der Waals surface area contributed by atoms with Gasteiger partial charge >= 0.3 is 0 Å². The van der Waals surface area contributed by atoms with Crippen LogP contribution in [0.5, 0.6) is 0 Å². The van der Waals surface area contributed by atoms with Crippen LogP contribution in [-0.2, 0) is 5.54 Å². The zero-order valence-electron chi connectivity index (χ0n) is 13.5. The van der Waals surface area contributed by atoms with Crippen molar-refractivity contribution in [2.24, 2.45) is 0 Å². The van der Waals surface area contributed by atoms with Gasteiger partial charge in [0.05, 0.1) is 29.8 Å². The lowest BCUT2D eigenvalue weighted by Gasteiger charge is -2.15. The lowest BCUT2D eigenvalue weighted by Crippen LogP contribution is -2.24. The van der Waals surface area contributed by atoms with Gasteiger partial charge in [-0.1, -0.05) is 0 Å². The quantitative estimate of drug-likeness (QED) is 0.870. The fourth-order valence-electron chi connectivity index (χ4n) is 1.87. The molecule has 8 nitrogen and oxygen atoms in total. The van der Waals surface area contributed by atoms with Crippen molar-refractivity contribution in [3.05, 3.63) is 23.7 Å². The number of nitriles is 2. The third kappa shape index (κ3) is 3.38. The molecular weight excluding hydrogens is 292 g/mol. The summed E-state index contributed by atoms with van der Waals surface area (Å²) < 4.78 is 1.60. The summed E-state index contributed by atoms with van der Waals surface area (Å²) in [6.07, 6.45) is 3.21. The van der Waals surface area contributed by atoms with Crippen LogP contribution in [0.25, 0.3) is 0 Å². The molecule has 2 aromatic heterocycles. The maximum absolute atomic E-state index is 9.20. The molecule has 0 saturated carbocycles. The van der Waals surface area contributed by atoms with Gasteiger partial charge in [-0.25, -0.2) is 4.98 Å². The summed E-state index contributed by atoms with van der Waals surface area (Å²) in [6, 6.07) is 4.25. The number of rotatable bonds is 5. The first-order valence-electron chi connectivity index (χ1n) is 7.17. The van der Waals surface area contributed by atoms with Crippen molar-refractivity contribution in [3.8, 4) is 12.1 Å². The topological polar surface area (TPSA) is 115 Å². The molecular formula is C15H18N8. The first-order chi connectivity index (χ1) is 10.9. The third-order valence-electron chi connectivity index (χ3n) is 3.25. The third-order valence-corrected chi connectivity index (χ3v) is 3.25. The summed E-state index contributed by atoms with van der Waals surface area (Å²) in [4.78, 5) is 8.44. The van der Waals surface area contributed by atoms with Crippen molar-refractivity contribution in [3.63, 3.8) is 0 Å². The van der Waals surface area contributed by atoms with Crippen molar-refractivity contribution in [1.29, 1.82) is 10.5 Å². The number of nitrogens with one attached hydrogen (secondary N) is 2. The fraction of sp³-hybridized carbons (Fsp3) is 0.400. The monoisotopic (exact) mass is 310 g/mol. The number of aromatic nitrogens is 4. The standard InChI is InChI=1S/C15H18N8/c1-5-18-13-11(6-16)7-19-14(21-13)20-12-8-23(22-10(12)2)15(3,4)9-17/h7-8H,5H2,1-4H3,(H2,18,19,20,21). The van der Waals surface area contributed by atoms with E-state index in [1.807, 2.05) is 19.9 Å². The zero-order valence-corrected chi connectivity index (χ0v) is 13.5. The first-order valence-corrected chi connectivity index (χ1v) is 7.17. The Hall–Kier alpha value is -3.13. The van der Waals surface area contributed by atoms with Crippen LogP contribution in [0.4, 0.5) is 17.5 Å². The molecule has 2 heterocycles. The predicted octanol–water partition coefficient (Wildman–Crippen LogP) is 2.29. The van der Waals surface area contributed by atoms with Crippen LogP contribution in [0.3, 0.4) is 0 Å². The number of hydrogen-bond acceptors (Lipinski definition) is 7. The molecule has 23 heavy (non-hydrogen) atoms. The molecule has 0 radical (unpaired) electrons. The molecule has 118 valence electrons. The van der Waals surface area contributed by atoms with E-state index in [1.54, 1.807) is 24.7 Å². The Kier molecular flexibility index (Phi) is 4.47. The summed E-state index contributed by atoms with van der Waals surface area (Å²) in [5.74, 6) is 0.840. The highest BCUT2D eigenvalue weighted by Gasteiger charge is 2.22. The minimum atomic E-state index is -0.745. The molecule has 2 N–H and O–H groups in total. The zero-order chi connectivity index (χ0) is 17.0. The van der Waals surface area contributed by atoms with Crippen molar-refractivity contribution in [2.45, 2.75) is 33.2 Å². The highest BCUT2D eigenvalue weighted by atomic mass is 15.3. The van der Waals surface area contributed by atoms with E-state index < -0.39 is 5.54 Å². The SMILES string of the molecule is CCNc1nc(Nc2cn(C(C)(C)C#N)nc2C)ncc1C#N. The van der Waals surface area contributed by atoms with Crippen LogP contribution in [0.1, 0.15) is 32.0 Å². The van der Waals surface area contributed by atoms with Crippen LogP contribution in [0, 0.1) is 29.6 Å². The maximum atomic E-state index is 9.20. The van der Waals surface area contributed by atoms with Crippen molar-refractivity contribution in [1.82, 2.24) is 19.7 Å². The van der Waals surface area contributed by atoms with Gasteiger partial charge in [0, 0.05) is 6.54 Å². The number of nitrogens with zero attached hydrogens (tertiary/aromatic N) is 6. The van der Waals surface area contributed by atoms with Gasteiger partial charge < -0.3 is 10.6 Å². The highest BCUT2D eigenvalue weighted by molar-refractivity contribution is 5.59. The van der Waals surface area contributed by atoms with Gasteiger partial charge in [-0.2, -0.15) is 20.6 Å². The average molecular weight is 310 g/mol. The molecule has 0 aliphatic rings. The van der Waals surface area contributed by atoms with E-state index in [2.05, 4.69) is 31.8 Å². The maximum Gasteiger partial charge on any atom is 0.229 e. The molecule has 0 spiro atoms. The minimum absolute atomic E-state index is 0.359.